The molecule has 5 nitrogen and oxygen atoms in total. The van der Waals surface area contributed by atoms with Gasteiger partial charge in [-0.05, 0) is 54.0 Å². The van der Waals surface area contributed by atoms with Gasteiger partial charge < -0.3 is 10.2 Å². The quantitative estimate of drug-likeness (QED) is 0.821. The molecule has 1 unspecified atom stereocenters. The number of aliphatic imine (C=N–C) groups is 1. The molecule has 1 saturated carbocycles. The lowest BCUT2D eigenvalue weighted by atomic mass is 9.76. The Labute approximate surface area is 167 Å². The molecular formula is C23H29N5. The third-order valence-corrected chi connectivity index (χ3v) is 6.61. The van der Waals surface area contributed by atoms with Crippen LogP contribution in [0.4, 0.5) is 17.5 Å². The highest BCUT2D eigenvalue weighted by atomic mass is 15.3. The number of hydrogen-bond donors (Lipinski definition) is 1. The highest BCUT2D eigenvalue weighted by Gasteiger charge is 2.29. The number of aromatic nitrogens is 2. The summed E-state index contributed by atoms with van der Waals surface area (Å²) >= 11 is 0. The van der Waals surface area contributed by atoms with Gasteiger partial charge in [0, 0.05) is 31.2 Å². The Bertz CT molecular complexity index is 856. The molecule has 2 fully saturated rings. The average Bonchev–Trinajstić information content (AvgIpc) is 3.23. The molecule has 28 heavy (non-hydrogen) atoms. The fourth-order valence-corrected chi connectivity index (χ4v) is 5.08. The molecule has 1 aliphatic carbocycles. The molecule has 2 aliphatic heterocycles. The zero-order valence-corrected chi connectivity index (χ0v) is 16.5. The second-order valence-electron chi connectivity index (χ2n) is 8.50. The van der Waals surface area contributed by atoms with Crippen molar-refractivity contribution in [2.75, 3.05) is 23.3 Å². The standard InChI is InChI=1S/C23H29N5/c1-2-5-17(6-3-1)19-7-4-12-28(16-19)23-25-11-10-22(27-23)26-21-9-8-18-14-24-15-20(18)13-21/h8-11,13,15,17,19H,1-7,12,14,16H2,(H,25,26,27). The van der Waals surface area contributed by atoms with Crippen LogP contribution in [-0.4, -0.2) is 29.3 Å². The van der Waals surface area contributed by atoms with Gasteiger partial charge in [-0.15, -0.1) is 0 Å². The van der Waals surface area contributed by atoms with Gasteiger partial charge in [0.1, 0.15) is 5.82 Å². The molecule has 1 N–H and O–H groups in total. The maximum atomic E-state index is 4.83. The van der Waals surface area contributed by atoms with Crippen molar-refractivity contribution in [1.82, 2.24) is 9.97 Å². The van der Waals surface area contributed by atoms with Crippen LogP contribution in [-0.2, 0) is 6.54 Å². The lowest BCUT2D eigenvalue weighted by Gasteiger charge is -2.38. The summed E-state index contributed by atoms with van der Waals surface area (Å²) in [5.41, 5.74) is 3.54. The van der Waals surface area contributed by atoms with Gasteiger partial charge in [-0.3, -0.25) is 4.99 Å². The molecule has 1 aromatic carbocycles. The van der Waals surface area contributed by atoms with Gasteiger partial charge in [0.15, 0.2) is 0 Å². The van der Waals surface area contributed by atoms with E-state index in [4.69, 9.17) is 4.98 Å². The van der Waals surface area contributed by atoms with Crippen molar-refractivity contribution in [3.05, 3.63) is 41.6 Å². The molecule has 0 bridgehead atoms. The first-order valence-electron chi connectivity index (χ1n) is 10.8. The van der Waals surface area contributed by atoms with Gasteiger partial charge in [-0.25, -0.2) is 4.98 Å². The molecule has 1 atom stereocenters. The molecule has 1 saturated heterocycles. The maximum Gasteiger partial charge on any atom is 0.227 e. The van der Waals surface area contributed by atoms with Gasteiger partial charge in [-0.1, -0.05) is 38.2 Å². The molecule has 0 radical (unpaired) electrons. The van der Waals surface area contributed by atoms with E-state index in [9.17, 15) is 0 Å². The van der Waals surface area contributed by atoms with Crippen LogP contribution in [0.25, 0.3) is 0 Å². The minimum absolute atomic E-state index is 0.796. The molecule has 0 spiro atoms. The molecule has 5 rings (SSSR count). The Morgan fingerprint density at radius 2 is 1.86 bits per heavy atom. The zero-order valence-electron chi connectivity index (χ0n) is 16.5. The second kappa shape index (κ2) is 7.90. The molecular weight excluding hydrogens is 346 g/mol. The Balaban J connectivity index is 1.29. The summed E-state index contributed by atoms with van der Waals surface area (Å²) in [5, 5.41) is 3.45. The number of anilines is 3. The van der Waals surface area contributed by atoms with Crippen LogP contribution >= 0.6 is 0 Å². The average molecular weight is 376 g/mol. The Hall–Kier alpha value is -2.43. The highest BCUT2D eigenvalue weighted by molar-refractivity contribution is 5.86. The Kier molecular flexibility index (Phi) is 4.98. The Morgan fingerprint density at radius 1 is 0.964 bits per heavy atom. The van der Waals surface area contributed by atoms with Crippen LogP contribution < -0.4 is 10.2 Å². The van der Waals surface area contributed by atoms with Crippen molar-refractivity contribution in [2.24, 2.45) is 16.8 Å². The van der Waals surface area contributed by atoms with Crippen LogP contribution in [0, 0.1) is 11.8 Å². The third kappa shape index (κ3) is 3.75. The summed E-state index contributed by atoms with van der Waals surface area (Å²) in [5.74, 6) is 3.45. The van der Waals surface area contributed by atoms with E-state index < -0.39 is 0 Å². The van der Waals surface area contributed by atoms with Gasteiger partial charge in [-0.2, -0.15) is 4.98 Å². The number of hydrogen-bond acceptors (Lipinski definition) is 5. The van der Waals surface area contributed by atoms with Crippen molar-refractivity contribution in [1.29, 1.82) is 0 Å². The number of piperidine rings is 1. The SMILES string of the molecule is C1=NCc2ccc(Nc3ccnc(N4CCCC(C5CCCCC5)C4)n3)cc21. The van der Waals surface area contributed by atoms with E-state index in [2.05, 4.69) is 38.4 Å². The lowest BCUT2D eigenvalue weighted by molar-refractivity contribution is 0.220. The molecule has 2 aromatic rings. The van der Waals surface area contributed by atoms with Crippen molar-refractivity contribution < 1.29 is 0 Å². The topological polar surface area (TPSA) is 53.4 Å². The zero-order chi connectivity index (χ0) is 18.8. The van der Waals surface area contributed by atoms with E-state index in [1.807, 2.05) is 18.5 Å². The number of nitrogens with zero attached hydrogens (tertiary/aromatic N) is 4. The van der Waals surface area contributed by atoms with Crippen LogP contribution in [0.2, 0.25) is 0 Å². The normalized spacial score (nSPS) is 22.3. The summed E-state index contributed by atoms with van der Waals surface area (Å²) < 4.78 is 0. The Morgan fingerprint density at radius 3 is 2.79 bits per heavy atom. The monoisotopic (exact) mass is 375 g/mol. The predicted molar refractivity (Wildman–Crippen MR) is 115 cm³/mol. The summed E-state index contributed by atoms with van der Waals surface area (Å²) in [6.45, 7) is 2.98. The number of benzene rings is 1. The van der Waals surface area contributed by atoms with E-state index in [-0.39, 0.29) is 0 Å². The predicted octanol–water partition coefficient (Wildman–Crippen LogP) is 4.95. The first-order chi connectivity index (χ1) is 13.8. The van der Waals surface area contributed by atoms with Crippen molar-refractivity contribution in [3.63, 3.8) is 0 Å². The largest absolute Gasteiger partial charge is 0.340 e. The summed E-state index contributed by atoms with van der Waals surface area (Å²) in [6, 6.07) is 8.35. The van der Waals surface area contributed by atoms with Crippen LogP contribution in [0.3, 0.4) is 0 Å². The molecule has 5 heteroatoms. The minimum atomic E-state index is 0.796. The van der Waals surface area contributed by atoms with E-state index in [1.165, 1.54) is 56.1 Å². The molecule has 3 aliphatic rings. The first-order valence-corrected chi connectivity index (χ1v) is 10.8. The summed E-state index contributed by atoms with van der Waals surface area (Å²) in [7, 11) is 0. The molecule has 0 amide bonds. The van der Waals surface area contributed by atoms with E-state index in [1.54, 1.807) is 0 Å². The van der Waals surface area contributed by atoms with Crippen molar-refractivity contribution in [2.45, 2.75) is 51.5 Å². The summed E-state index contributed by atoms with van der Waals surface area (Å²) in [4.78, 5) is 16.2. The lowest BCUT2D eigenvalue weighted by Crippen LogP contribution is -2.39. The fraction of sp³-hybridized carbons (Fsp3) is 0.522. The van der Waals surface area contributed by atoms with E-state index in [0.29, 0.717) is 0 Å². The van der Waals surface area contributed by atoms with Crippen LogP contribution in [0.15, 0.2) is 35.5 Å². The molecule has 146 valence electrons. The number of fused-ring (bicyclic) bond motifs is 1. The van der Waals surface area contributed by atoms with Crippen molar-refractivity contribution in [3.8, 4) is 0 Å². The van der Waals surface area contributed by atoms with Gasteiger partial charge in [0.2, 0.25) is 5.95 Å². The smallest absolute Gasteiger partial charge is 0.227 e. The van der Waals surface area contributed by atoms with E-state index in [0.717, 1.165) is 48.9 Å². The number of nitrogens with one attached hydrogen (secondary N) is 1. The maximum absolute atomic E-state index is 4.83. The van der Waals surface area contributed by atoms with Crippen LogP contribution in [0.5, 0.6) is 0 Å². The van der Waals surface area contributed by atoms with Gasteiger partial charge in [0.25, 0.3) is 0 Å². The minimum Gasteiger partial charge on any atom is -0.340 e. The highest BCUT2D eigenvalue weighted by Crippen LogP contribution is 2.35. The van der Waals surface area contributed by atoms with Crippen molar-refractivity contribution >= 4 is 23.7 Å². The fourth-order valence-electron chi connectivity index (χ4n) is 5.08. The van der Waals surface area contributed by atoms with Crippen LogP contribution in [0.1, 0.15) is 56.1 Å². The molecule has 3 heterocycles. The summed E-state index contributed by atoms with van der Waals surface area (Å²) in [6.07, 6.45) is 13.6. The first kappa shape index (κ1) is 17.7. The second-order valence-corrected chi connectivity index (χ2v) is 8.50. The van der Waals surface area contributed by atoms with Gasteiger partial charge >= 0.3 is 0 Å². The van der Waals surface area contributed by atoms with Gasteiger partial charge in [0.05, 0.1) is 6.54 Å². The van der Waals surface area contributed by atoms with E-state index >= 15 is 0 Å². The number of rotatable bonds is 4. The third-order valence-electron chi connectivity index (χ3n) is 6.61. The molecule has 1 aromatic heterocycles.